The molecule has 0 radical (unpaired) electrons. The maximum atomic E-state index is 12.4. The highest BCUT2D eigenvalue weighted by Crippen LogP contribution is 2.09. The molecule has 1 aliphatic heterocycles. The molecule has 120 valence electrons. The molecule has 1 aromatic rings. The van der Waals surface area contributed by atoms with Crippen LogP contribution >= 0.6 is 0 Å². The highest BCUT2D eigenvalue weighted by Gasteiger charge is 2.23. The van der Waals surface area contributed by atoms with Crippen LogP contribution in [0.25, 0.3) is 0 Å². The summed E-state index contributed by atoms with van der Waals surface area (Å²) in [5, 5.41) is 6.42. The van der Waals surface area contributed by atoms with E-state index >= 15 is 0 Å². The molecule has 1 amide bonds. The van der Waals surface area contributed by atoms with E-state index in [0.717, 1.165) is 32.2 Å². The Hall–Kier alpha value is -1.65. The molecule has 0 aliphatic carbocycles. The van der Waals surface area contributed by atoms with Crippen LogP contribution in [0.3, 0.4) is 0 Å². The molecule has 2 N–H and O–H groups in total. The molecule has 1 heterocycles. The second-order valence-electron chi connectivity index (χ2n) is 5.72. The van der Waals surface area contributed by atoms with E-state index in [1.165, 1.54) is 5.56 Å². The van der Waals surface area contributed by atoms with E-state index in [4.69, 9.17) is 4.74 Å². The number of hydrogen-bond acceptors (Lipinski definition) is 3. The molecule has 1 fully saturated rings. The maximum Gasteiger partial charge on any atom is 0.237 e. The van der Waals surface area contributed by atoms with Gasteiger partial charge in [-0.15, -0.1) is 6.58 Å². The van der Waals surface area contributed by atoms with Gasteiger partial charge in [0.05, 0.1) is 25.3 Å². The van der Waals surface area contributed by atoms with E-state index in [-0.39, 0.29) is 18.0 Å². The van der Waals surface area contributed by atoms with Crippen molar-refractivity contribution in [3.63, 3.8) is 0 Å². The Bertz CT molecular complexity index is 455. The van der Waals surface area contributed by atoms with Gasteiger partial charge < -0.3 is 15.4 Å². The summed E-state index contributed by atoms with van der Waals surface area (Å²) in [6.07, 6.45) is 5.68. The van der Waals surface area contributed by atoms with Crippen molar-refractivity contribution >= 4 is 5.91 Å². The molecule has 4 heteroatoms. The van der Waals surface area contributed by atoms with Gasteiger partial charge in [-0.1, -0.05) is 42.8 Å². The summed E-state index contributed by atoms with van der Waals surface area (Å²) in [7, 11) is 0. The van der Waals surface area contributed by atoms with E-state index < -0.39 is 0 Å². The van der Waals surface area contributed by atoms with Crippen LogP contribution in [0.15, 0.2) is 43.0 Å². The smallest absolute Gasteiger partial charge is 0.237 e. The number of amides is 1. The van der Waals surface area contributed by atoms with Crippen molar-refractivity contribution in [2.45, 2.75) is 37.8 Å². The average molecular weight is 302 g/mol. The lowest BCUT2D eigenvalue weighted by atomic mass is 10.0. The van der Waals surface area contributed by atoms with Crippen molar-refractivity contribution in [3.8, 4) is 0 Å². The number of nitrogens with one attached hydrogen (secondary N) is 2. The Morgan fingerprint density at radius 3 is 2.91 bits per heavy atom. The lowest BCUT2D eigenvalue weighted by molar-refractivity contribution is -0.124. The van der Waals surface area contributed by atoms with Crippen molar-refractivity contribution in [2.24, 2.45) is 0 Å². The lowest BCUT2D eigenvalue weighted by Crippen LogP contribution is -2.51. The maximum absolute atomic E-state index is 12.4. The van der Waals surface area contributed by atoms with Crippen molar-refractivity contribution in [1.29, 1.82) is 0 Å². The normalized spacial score (nSPS) is 19.4. The summed E-state index contributed by atoms with van der Waals surface area (Å²) in [6.45, 7) is 5.58. The zero-order valence-electron chi connectivity index (χ0n) is 13.1. The Balaban J connectivity index is 1.90. The Morgan fingerprint density at radius 1 is 1.41 bits per heavy atom. The topological polar surface area (TPSA) is 50.4 Å². The summed E-state index contributed by atoms with van der Waals surface area (Å²) in [5.74, 6) is 0.0860. The minimum absolute atomic E-state index is 0.0152. The second-order valence-corrected chi connectivity index (χ2v) is 5.72. The summed E-state index contributed by atoms with van der Waals surface area (Å²) < 4.78 is 5.55. The van der Waals surface area contributed by atoms with Crippen molar-refractivity contribution in [1.82, 2.24) is 10.6 Å². The fraction of sp³-hybridized carbons (Fsp3) is 0.500. The minimum Gasteiger partial charge on any atom is -0.375 e. The van der Waals surface area contributed by atoms with Gasteiger partial charge in [-0.2, -0.15) is 0 Å². The highest BCUT2D eigenvalue weighted by atomic mass is 16.5. The quantitative estimate of drug-likeness (QED) is 0.571. The molecule has 1 saturated heterocycles. The van der Waals surface area contributed by atoms with Crippen LogP contribution in [0.5, 0.6) is 0 Å². The van der Waals surface area contributed by atoms with Crippen LogP contribution in [-0.2, 0) is 16.0 Å². The molecule has 4 nitrogen and oxygen atoms in total. The zero-order valence-corrected chi connectivity index (χ0v) is 13.1. The molecule has 2 rings (SSSR count). The standard InChI is InChI=1S/C18H26N2O2/c1-2-12-22-14-16(13-15-8-4-3-5-9-15)20-18(21)17-10-6-7-11-19-17/h2-5,8-9,16-17,19H,1,6-7,10-14H2,(H,20,21)/t16-,17-/m0/s1. The van der Waals surface area contributed by atoms with Crippen LogP contribution in [0, 0.1) is 0 Å². The third kappa shape index (κ3) is 5.62. The molecule has 0 spiro atoms. The van der Waals surface area contributed by atoms with E-state index in [1.54, 1.807) is 6.08 Å². The van der Waals surface area contributed by atoms with Gasteiger partial charge in [-0.05, 0) is 31.4 Å². The van der Waals surface area contributed by atoms with Gasteiger partial charge in [0, 0.05) is 0 Å². The molecule has 1 aromatic carbocycles. The third-order valence-electron chi connectivity index (χ3n) is 3.85. The highest BCUT2D eigenvalue weighted by molar-refractivity contribution is 5.82. The van der Waals surface area contributed by atoms with Gasteiger partial charge in [0.25, 0.3) is 0 Å². The minimum atomic E-state index is -0.0635. The lowest BCUT2D eigenvalue weighted by Gasteiger charge is -2.26. The summed E-state index contributed by atoms with van der Waals surface area (Å²) >= 11 is 0. The molecule has 1 aliphatic rings. The van der Waals surface area contributed by atoms with Gasteiger partial charge in [0.2, 0.25) is 5.91 Å². The van der Waals surface area contributed by atoms with Crippen LogP contribution in [0.4, 0.5) is 0 Å². The molecular formula is C18H26N2O2. The van der Waals surface area contributed by atoms with Crippen molar-refractivity contribution in [3.05, 3.63) is 48.6 Å². The van der Waals surface area contributed by atoms with Crippen LogP contribution < -0.4 is 10.6 Å². The van der Waals surface area contributed by atoms with E-state index in [1.807, 2.05) is 18.2 Å². The van der Waals surface area contributed by atoms with Crippen molar-refractivity contribution < 1.29 is 9.53 Å². The Kier molecular flexibility index (Phi) is 7.13. The van der Waals surface area contributed by atoms with Crippen LogP contribution in [0.2, 0.25) is 0 Å². The van der Waals surface area contributed by atoms with Gasteiger partial charge in [0.15, 0.2) is 0 Å². The number of benzene rings is 1. The number of piperidine rings is 1. The average Bonchev–Trinajstić information content (AvgIpc) is 2.56. The molecule has 0 bridgehead atoms. The van der Waals surface area contributed by atoms with Gasteiger partial charge in [0.1, 0.15) is 0 Å². The number of carbonyl (C=O) groups is 1. The first-order chi connectivity index (χ1) is 10.8. The fourth-order valence-corrected chi connectivity index (χ4v) is 2.72. The van der Waals surface area contributed by atoms with Gasteiger partial charge in [-0.3, -0.25) is 4.79 Å². The Morgan fingerprint density at radius 2 is 2.23 bits per heavy atom. The first-order valence-electron chi connectivity index (χ1n) is 8.06. The largest absolute Gasteiger partial charge is 0.375 e. The molecule has 2 atom stereocenters. The first-order valence-corrected chi connectivity index (χ1v) is 8.06. The van der Waals surface area contributed by atoms with Crippen LogP contribution in [-0.4, -0.2) is 37.7 Å². The SMILES string of the molecule is C=CCOC[C@H](Cc1ccccc1)NC(=O)[C@@H]1CCCCN1. The number of ether oxygens (including phenoxy) is 1. The number of rotatable bonds is 8. The molecular weight excluding hydrogens is 276 g/mol. The fourth-order valence-electron chi connectivity index (χ4n) is 2.72. The molecule has 22 heavy (non-hydrogen) atoms. The zero-order chi connectivity index (χ0) is 15.6. The van der Waals surface area contributed by atoms with Crippen molar-refractivity contribution in [2.75, 3.05) is 19.8 Å². The van der Waals surface area contributed by atoms with E-state index in [9.17, 15) is 4.79 Å². The van der Waals surface area contributed by atoms with Gasteiger partial charge >= 0.3 is 0 Å². The summed E-state index contributed by atoms with van der Waals surface area (Å²) in [5.41, 5.74) is 1.20. The predicted octanol–water partition coefficient (Wildman–Crippen LogP) is 2.06. The molecule has 0 unspecified atom stereocenters. The number of carbonyl (C=O) groups excluding carboxylic acids is 1. The third-order valence-corrected chi connectivity index (χ3v) is 3.85. The van der Waals surface area contributed by atoms with E-state index in [0.29, 0.717) is 13.2 Å². The van der Waals surface area contributed by atoms with Gasteiger partial charge in [-0.25, -0.2) is 0 Å². The molecule has 0 saturated carbocycles. The first kappa shape index (κ1) is 16.7. The summed E-state index contributed by atoms with van der Waals surface area (Å²) in [4.78, 5) is 12.4. The molecule has 0 aromatic heterocycles. The summed E-state index contributed by atoms with van der Waals surface area (Å²) in [6, 6.07) is 10.1. The number of hydrogen-bond donors (Lipinski definition) is 2. The van der Waals surface area contributed by atoms with E-state index in [2.05, 4.69) is 29.3 Å². The predicted molar refractivity (Wildman–Crippen MR) is 88.7 cm³/mol. The monoisotopic (exact) mass is 302 g/mol. The Labute approximate surface area is 132 Å². The second kappa shape index (κ2) is 9.38. The van der Waals surface area contributed by atoms with Crippen LogP contribution in [0.1, 0.15) is 24.8 Å².